The molecule has 1 amide bonds. The van der Waals surface area contributed by atoms with Gasteiger partial charge in [0.05, 0.1) is 5.69 Å². The van der Waals surface area contributed by atoms with Crippen LogP contribution in [0.15, 0.2) is 37.1 Å². The summed E-state index contributed by atoms with van der Waals surface area (Å²) in [5, 5.41) is 2.77. The lowest BCUT2D eigenvalue weighted by atomic mass is 10.3. The first-order valence-corrected chi connectivity index (χ1v) is 6.13. The minimum absolute atomic E-state index is 0.166. The Morgan fingerprint density at radius 2 is 2.32 bits per heavy atom. The number of carbonyl (C=O) groups excluding carboxylic acids is 1. The number of carbonyl (C=O) groups is 1. The van der Waals surface area contributed by atoms with Crippen LogP contribution in [0.3, 0.4) is 0 Å². The molecule has 0 bridgehead atoms. The fraction of sp³-hybridized carbons (Fsp3) is 0.286. The number of nitrogens with zero attached hydrogens (tertiary/aromatic N) is 3. The van der Waals surface area contributed by atoms with Crippen molar-refractivity contribution >= 4 is 11.6 Å². The topological polar surface area (TPSA) is 49.6 Å². The van der Waals surface area contributed by atoms with Crippen LogP contribution >= 0.6 is 0 Å². The summed E-state index contributed by atoms with van der Waals surface area (Å²) in [6.45, 7) is 4.68. The van der Waals surface area contributed by atoms with E-state index in [1.54, 1.807) is 6.08 Å². The van der Waals surface area contributed by atoms with Gasteiger partial charge in [0, 0.05) is 19.3 Å². The third-order valence-electron chi connectivity index (χ3n) is 2.72. The van der Waals surface area contributed by atoms with Gasteiger partial charge in [-0.3, -0.25) is 4.79 Å². The number of amides is 1. The van der Waals surface area contributed by atoms with Gasteiger partial charge in [-0.05, 0) is 26.2 Å². The van der Waals surface area contributed by atoms with Crippen molar-refractivity contribution in [1.82, 2.24) is 19.6 Å². The summed E-state index contributed by atoms with van der Waals surface area (Å²) in [4.78, 5) is 18.5. The Labute approximate surface area is 112 Å². The smallest absolute Gasteiger partial charge is 0.272 e. The van der Waals surface area contributed by atoms with Crippen molar-refractivity contribution < 1.29 is 4.79 Å². The molecule has 0 aliphatic carbocycles. The van der Waals surface area contributed by atoms with Crippen molar-refractivity contribution in [2.45, 2.75) is 6.54 Å². The highest BCUT2D eigenvalue weighted by Crippen LogP contribution is 2.14. The van der Waals surface area contributed by atoms with Crippen molar-refractivity contribution in [2.75, 3.05) is 20.6 Å². The fourth-order valence-electron chi connectivity index (χ4n) is 1.93. The minimum Gasteiger partial charge on any atom is -0.347 e. The molecule has 0 aliphatic heterocycles. The van der Waals surface area contributed by atoms with Crippen LogP contribution in [0.4, 0.5) is 0 Å². The van der Waals surface area contributed by atoms with Crippen molar-refractivity contribution in [3.05, 3.63) is 48.4 Å². The van der Waals surface area contributed by atoms with Crippen LogP contribution in [0.5, 0.6) is 0 Å². The Hall–Kier alpha value is -2.14. The summed E-state index contributed by atoms with van der Waals surface area (Å²) in [6, 6.07) is 5.73. The number of hydrogen-bond acceptors (Lipinski definition) is 3. The molecule has 5 nitrogen and oxygen atoms in total. The number of nitrogens with one attached hydrogen (secondary N) is 1. The first-order valence-electron chi connectivity index (χ1n) is 6.13. The van der Waals surface area contributed by atoms with E-state index in [0.29, 0.717) is 18.8 Å². The quantitative estimate of drug-likeness (QED) is 0.823. The van der Waals surface area contributed by atoms with Gasteiger partial charge < -0.3 is 14.6 Å². The second kappa shape index (κ2) is 5.67. The van der Waals surface area contributed by atoms with E-state index in [1.165, 1.54) is 0 Å². The molecule has 0 saturated heterocycles. The van der Waals surface area contributed by atoms with E-state index in [2.05, 4.69) is 16.9 Å². The Balaban J connectivity index is 2.46. The molecular formula is C14H18N4O. The predicted molar refractivity (Wildman–Crippen MR) is 75.1 cm³/mol. The van der Waals surface area contributed by atoms with E-state index >= 15 is 0 Å². The number of pyridine rings is 1. The molecule has 2 heterocycles. The van der Waals surface area contributed by atoms with E-state index in [9.17, 15) is 4.79 Å². The van der Waals surface area contributed by atoms with Crippen molar-refractivity contribution in [2.24, 2.45) is 0 Å². The van der Waals surface area contributed by atoms with E-state index < -0.39 is 0 Å². The van der Waals surface area contributed by atoms with Crippen LogP contribution in [0.2, 0.25) is 0 Å². The number of rotatable bonds is 5. The summed E-state index contributed by atoms with van der Waals surface area (Å²) < 4.78 is 1.95. The van der Waals surface area contributed by atoms with E-state index in [4.69, 9.17) is 0 Å². The molecule has 2 aromatic rings. The highest BCUT2D eigenvalue weighted by Gasteiger charge is 2.18. The van der Waals surface area contributed by atoms with Gasteiger partial charge in [-0.1, -0.05) is 12.1 Å². The standard InChI is InChI=1S/C14H18N4O/c1-4-8-15-14(19)13-11(10-17(2)3)18-9-6-5-7-12(18)16-13/h4-7,9H,1,8,10H2,2-3H3,(H,15,19). The second-order valence-electron chi connectivity index (χ2n) is 4.57. The average molecular weight is 258 g/mol. The molecule has 0 radical (unpaired) electrons. The zero-order valence-electron chi connectivity index (χ0n) is 11.3. The van der Waals surface area contributed by atoms with Crippen LogP contribution in [0.1, 0.15) is 16.2 Å². The molecule has 1 N–H and O–H groups in total. The molecular weight excluding hydrogens is 240 g/mol. The first-order chi connectivity index (χ1) is 9.13. The average Bonchev–Trinajstić information content (AvgIpc) is 2.74. The highest BCUT2D eigenvalue weighted by atomic mass is 16.1. The van der Waals surface area contributed by atoms with E-state index in [0.717, 1.165) is 11.3 Å². The largest absolute Gasteiger partial charge is 0.347 e. The van der Waals surface area contributed by atoms with Crippen LogP contribution < -0.4 is 5.32 Å². The number of imidazole rings is 1. The third-order valence-corrected chi connectivity index (χ3v) is 2.72. The molecule has 0 atom stereocenters. The summed E-state index contributed by atoms with van der Waals surface area (Å²) in [6.07, 6.45) is 3.57. The fourth-order valence-corrected chi connectivity index (χ4v) is 1.93. The van der Waals surface area contributed by atoms with Gasteiger partial charge in [-0.15, -0.1) is 6.58 Å². The molecule has 0 aliphatic rings. The zero-order valence-corrected chi connectivity index (χ0v) is 11.3. The molecule has 100 valence electrons. The minimum atomic E-state index is -0.166. The molecule has 0 aromatic carbocycles. The van der Waals surface area contributed by atoms with Gasteiger partial charge in [0.1, 0.15) is 5.65 Å². The van der Waals surface area contributed by atoms with Gasteiger partial charge in [-0.25, -0.2) is 4.98 Å². The molecule has 0 spiro atoms. The molecule has 0 unspecified atom stereocenters. The summed E-state index contributed by atoms with van der Waals surface area (Å²) in [5.41, 5.74) is 2.15. The normalized spacial score (nSPS) is 10.9. The van der Waals surface area contributed by atoms with Crippen LogP contribution in [-0.2, 0) is 6.54 Å². The zero-order chi connectivity index (χ0) is 13.8. The number of fused-ring (bicyclic) bond motifs is 1. The monoisotopic (exact) mass is 258 g/mol. The molecule has 2 aromatic heterocycles. The van der Waals surface area contributed by atoms with E-state index in [-0.39, 0.29) is 5.91 Å². The molecule has 5 heteroatoms. The Morgan fingerprint density at radius 1 is 1.53 bits per heavy atom. The molecule has 0 fully saturated rings. The number of aromatic nitrogens is 2. The maximum Gasteiger partial charge on any atom is 0.272 e. The Morgan fingerprint density at radius 3 is 3.00 bits per heavy atom. The van der Waals surface area contributed by atoms with Crippen LogP contribution in [-0.4, -0.2) is 40.8 Å². The second-order valence-corrected chi connectivity index (χ2v) is 4.57. The van der Waals surface area contributed by atoms with Crippen molar-refractivity contribution in [3.63, 3.8) is 0 Å². The van der Waals surface area contributed by atoms with Crippen LogP contribution in [0.25, 0.3) is 5.65 Å². The highest BCUT2D eigenvalue weighted by molar-refractivity contribution is 5.94. The lowest BCUT2D eigenvalue weighted by Crippen LogP contribution is -2.26. The summed E-state index contributed by atoms with van der Waals surface area (Å²) in [5.74, 6) is -0.166. The van der Waals surface area contributed by atoms with Gasteiger partial charge in [-0.2, -0.15) is 0 Å². The van der Waals surface area contributed by atoms with Gasteiger partial charge >= 0.3 is 0 Å². The SMILES string of the molecule is C=CCNC(=O)c1nc2ccccn2c1CN(C)C. The molecule has 2 rings (SSSR count). The molecule has 0 saturated carbocycles. The lowest BCUT2D eigenvalue weighted by molar-refractivity contribution is 0.0952. The predicted octanol–water partition coefficient (Wildman–Crippen LogP) is 1.31. The summed E-state index contributed by atoms with van der Waals surface area (Å²) in [7, 11) is 3.93. The van der Waals surface area contributed by atoms with Gasteiger partial charge in [0.2, 0.25) is 0 Å². The lowest BCUT2D eigenvalue weighted by Gasteiger charge is -2.11. The molecule has 19 heavy (non-hydrogen) atoms. The van der Waals surface area contributed by atoms with Crippen molar-refractivity contribution in [3.8, 4) is 0 Å². The maximum absolute atomic E-state index is 12.1. The third kappa shape index (κ3) is 2.82. The summed E-state index contributed by atoms with van der Waals surface area (Å²) >= 11 is 0. The number of hydrogen-bond donors (Lipinski definition) is 1. The maximum atomic E-state index is 12.1. The van der Waals surface area contributed by atoms with Gasteiger partial charge in [0.15, 0.2) is 5.69 Å². The Bertz CT molecular complexity index is 601. The van der Waals surface area contributed by atoms with Gasteiger partial charge in [0.25, 0.3) is 5.91 Å². The first kappa shape index (κ1) is 13.3. The van der Waals surface area contributed by atoms with E-state index in [1.807, 2.05) is 47.8 Å². The van der Waals surface area contributed by atoms with Crippen molar-refractivity contribution in [1.29, 1.82) is 0 Å². The van der Waals surface area contributed by atoms with Crippen LogP contribution in [0, 0.1) is 0 Å². The Kier molecular flexibility index (Phi) is 3.97.